The van der Waals surface area contributed by atoms with Crippen LogP contribution in [0.1, 0.15) is 37.3 Å². The number of rotatable bonds is 8. The van der Waals surface area contributed by atoms with E-state index in [1.807, 2.05) is 18.9 Å². The fourth-order valence-corrected chi connectivity index (χ4v) is 2.64. The number of benzene rings is 1. The highest BCUT2D eigenvalue weighted by Crippen LogP contribution is 2.45. The molecule has 0 aliphatic heterocycles. The van der Waals surface area contributed by atoms with Gasteiger partial charge in [-0.25, -0.2) is 4.99 Å². The van der Waals surface area contributed by atoms with E-state index < -0.39 is 18.4 Å². The molecule has 152 valence electrons. The van der Waals surface area contributed by atoms with Crippen LogP contribution in [0.3, 0.4) is 0 Å². The van der Waals surface area contributed by atoms with Crippen molar-refractivity contribution in [3.05, 3.63) is 23.3 Å². The van der Waals surface area contributed by atoms with Crippen molar-refractivity contribution in [3.8, 4) is 5.75 Å². The number of alkyl halides is 3. The summed E-state index contributed by atoms with van der Waals surface area (Å²) in [7, 11) is 3.11. The summed E-state index contributed by atoms with van der Waals surface area (Å²) in [6, 6.07) is 2.68. The van der Waals surface area contributed by atoms with Crippen molar-refractivity contribution in [2.45, 2.75) is 51.0 Å². The monoisotopic (exact) mass is 388 g/mol. The summed E-state index contributed by atoms with van der Waals surface area (Å²) in [5.74, 6) is -0.0797. The summed E-state index contributed by atoms with van der Waals surface area (Å²) < 4.78 is 51.9. The second kappa shape index (κ2) is 8.48. The highest BCUT2D eigenvalue weighted by Gasteiger charge is 2.57. The average Bonchev–Trinajstić information content (AvgIpc) is 2.57. The van der Waals surface area contributed by atoms with Gasteiger partial charge in [-0.2, -0.15) is 13.2 Å². The van der Waals surface area contributed by atoms with Crippen LogP contribution in [-0.2, 0) is 10.3 Å². The molecule has 0 bridgehead atoms. The summed E-state index contributed by atoms with van der Waals surface area (Å²) in [4.78, 5) is 6.13. The van der Waals surface area contributed by atoms with E-state index in [-0.39, 0.29) is 17.4 Å². The molecule has 1 aliphatic rings. The smallest absolute Gasteiger partial charge is 0.423 e. The van der Waals surface area contributed by atoms with Crippen molar-refractivity contribution in [1.29, 1.82) is 0 Å². The molecule has 0 saturated heterocycles. The number of hydrogen-bond acceptors (Lipinski definition) is 4. The Kier molecular flexibility index (Phi) is 6.75. The second-order valence-electron chi connectivity index (χ2n) is 6.88. The first-order valence-electron chi connectivity index (χ1n) is 8.96. The Bertz CT molecular complexity index is 675. The van der Waals surface area contributed by atoms with Crippen LogP contribution < -0.4 is 4.74 Å². The predicted octanol–water partition coefficient (Wildman–Crippen LogP) is 3.93. The summed E-state index contributed by atoms with van der Waals surface area (Å²) in [5.41, 5.74) is -2.54. The third-order valence-electron chi connectivity index (χ3n) is 4.91. The van der Waals surface area contributed by atoms with Gasteiger partial charge in [0.05, 0.1) is 31.8 Å². The topological polar surface area (TPSA) is 54.3 Å². The molecule has 0 radical (unpaired) electrons. The van der Waals surface area contributed by atoms with Gasteiger partial charge in [0.15, 0.2) is 0 Å². The SMILES string of the molecule is CCN(C)C=Nc1cc(OC)c(C(O)(COC2CCC2)C(F)(F)F)cc1C. The van der Waals surface area contributed by atoms with Crippen LogP contribution in [0, 0.1) is 6.92 Å². The van der Waals surface area contributed by atoms with Crippen LogP contribution in [0.15, 0.2) is 17.1 Å². The third kappa shape index (κ3) is 4.73. The zero-order valence-electron chi connectivity index (χ0n) is 16.1. The van der Waals surface area contributed by atoms with Crippen molar-refractivity contribution in [2.24, 2.45) is 4.99 Å². The van der Waals surface area contributed by atoms with Gasteiger partial charge >= 0.3 is 6.18 Å². The van der Waals surface area contributed by atoms with Crippen LogP contribution in [0.5, 0.6) is 5.75 Å². The summed E-state index contributed by atoms with van der Waals surface area (Å²) >= 11 is 0. The van der Waals surface area contributed by atoms with Gasteiger partial charge in [0, 0.05) is 25.2 Å². The second-order valence-corrected chi connectivity index (χ2v) is 6.88. The van der Waals surface area contributed by atoms with Crippen LogP contribution in [0.25, 0.3) is 0 Å². The molecule has 8 heteroatoms. The van der Waals surface area contributed by atoms with Gasteiger partial charge in [-0.1, -0.05) is 0 Å². The standard InChI is InChI=1S/C19H27F3N2O3/c1-5-24(3)12-23-16-10-17(26-4)15(9-13(16)2)18(25,19(20,21)22)11-27-14-7-6-8-14/h9-10,12,14,25H,5-8,11H2,1-4H3. The number of methoxy groups -OCH3 is 1. The minimum absolute atomic E-state index is 0.0797. The number of aliphatic imine (C=N–C) groups is 1. The molecule has 1 fully saturated rings. The van der Waals surface area contributed by atoms with E-state index in [2.05, 4.69) is 4.99 Å². The highest BCUT2D eigenvalue weighted by atomic mass is 19.4. The number of aryl methyl sites for hydroxylation is 1. The van der Waals surface area contributed by atoms with Crippen molar-refractivity contribution < 1.29 is 27.8 Å². The van der Waals surface area contributed by atoms with Gasteiger partial charge in [-0.05, 0) is 44.7 Å². The normalized spacial score (nSPS) is 17.6. The molecular weight excluding hydrogens is 361 g/mol. The van der Waals surface area contributed by atoms with E-state index in [0.29, 0.717) is 24.1 Å². The fraction of sp³-hybridized carbons (Fsp3) is 0.632. The minimum atomic E-state index is -4.91. The van der Waals surface area contributed by atoms with E-state index in [0.717, 1.165) is 13.0 Å². The van der Waals surface area contributed by atoms with Gasteiger partial charge < -0.3 is 19.5 Å². The molecule has 1 N–H and O–H groups in total. The lowest BCUT2D eigenvalue weighted by Crippen LogP contribution is -2.47. The van der Waals surface area contributed by atoms with Crippen LogP contribution in [0.2, 0.25) is 0 Å². The maximum atomic E-state index is 13.8. The number of ether oxygens (including phenoxy) is 2. The largest absolute Gasteiger partial charge is 0.496 e. The zero-order valence-corrected chi connectivity index (χ0v) is 16.1. The first-order chi connectivity index (χ1) is 12.6. The number of hydrogen-bond donors (Lipinski definition) is 1. The number of aliphatic hydroxyl groups is 1. The molecule has 1 aromatic carbocycles. The quantitative estimate of drug-likeness (QED) is 0.542. The van der Waals surface area contributed by atoms with Crippen molar-refractivity contribution in [1.82, 2.24) is 4.90 Å². The third-order valence-corrected chi connectivity index (χ3v) is 4.91. The molecule has 0 aromatic heterocycles. The van der Waals surface area contributed by atoms with Gasteiger partial charge in [-0.3, -0.25) is 0 Å². The lowest BCUT2D eigenvalue weighted by atomic mass is 9.90. The molecule has 1 unspecified atom stereocenters. The summed E-state index contributed by atoms with van der Waals surface area (Å²) in [5, 5.41) is 10.6. The Hall–Kier alpha value is -1.80. The molecule has 1 aromatic rings. The highest BCUT2D eigenvalue weighted by molar-refractivity contribution is 5.65. The van der Waals surface area contributed by atoms with Crippen LogP contribution in [-0.4, -0.2) is 55.9 Å². The summed E-state index contributed by atoms with van der Waals surface area (Å²) in [6.07, 6.45) is -1.21. The number of nitrogens with zero attached hydrogens (tertiary/aromatic N) is 2. The zero-order chi connectivity index (χ0) is 20.2. The average molecular weight is 388 g/mol. The molecule has 1 aliphatic carbocycles. The lowest BCUT2D eigenvalue weighted by molar-refractivity contribution is -0.287. The minimum Gasteiger partial charge on any atom is -0.496 e. The Balaban J connectivity index is 2.42. The van der Waals surface area contributed by atoms with Crippen molar-refractivity contribution >= 4 is 12.0 Å². The van der Waals surface area contributed by atoms with Crippen LogP contribution >= 0.6 is 0 Å². The van der Waals surface area contributed by atoms with Gasteiger partial charge in [0.25, 0.3) is 0 Å². The van der Waals surface area contributed by atoms with E-state index in [4.69, 9.17) is 9.47 Å². The Labute approximate surface area is 157 Å². The molecule has 5 nitrogen and oxygen atoms in total. The maximum absolute atomic E-state index is 13.8. The van der Waals surface area contributed by atoms with E-state index in [1.165, 1.54) is 19.2 Å². The molecule has 0 spiro atoms. The van der Waals surface area contributed by atoms with E-state index in [1.54, 1.807) is 13.3 Å². The maximum Gasteiger partial charge on any atom is 0.423 e. The fourth-order valence-electron chi connectivity index (χ4n) is 2.64. The van der Waals surface area contributed by atoms with Gasteiger partial charge in [-0.15, -0.1) is 0 Å². The molecule has 2 rings (SSSR count). The Morgan fingerprint density at radius 1 is 1.33 bits per heavy atom. The van der Waals surface area contributed by atoms with Crippen LogP contribution in [0.4, 0.5) is 18.9 Å². The number of halogens is 3. The van der Waals surface area contributed by atoms with Crippen molar-refractivity contribution in [3.63, 3.8) is 0 Å². The lowest BCUT2D eigenvalue weighted by Gasteiger charge is -2.35. The first kappa shape index (κ1) is 21.5. The molecule has 1 saturated carbocycles. The molecule has 0 heterocycles. The van der Waals surface area contributed by atoms with E-state index >= 15 is 0 Å². The molecule has 1 atom stereocenters. The first-order valence-corrected chi connectivity index (χ1v) is 8.96. The molecule has 0 amide bonds. The Morgan fingerprint density at radius 2 is 2.00 bits per heavy atom. The molecule has 27 heavy (non-hydrogen) atoms. The Morgan fingerprint density at radius 3 is 2.48 bits per heavy atom. The van der Waals surface area contributed by atoms with Gasteiger partial charge in [0.2, 0.25) is 5.60 Å². The van der Waals surface area contributed by atoms with Gasteiger partial charge in [0.1, 0.15) is 5.75 Å². The predicted molar refractivity (Wildman–Crippen MR) is 97.7 cm³/mol. The van der Waals surface area contributed by atoms with Crippen molar-refractivity contribution in [2.75, 3.05) is 27.3 Å². The van der Waals surface area contributed by atoms with E-state index in [9.17, 15) is 18.3 Å². The molecular formula is C19H27F3N2O3. The summed E-state index contributed by atoms with van der Waals surface area (Å²) in [6.45, 7) is 3.47.